The van der Waals surface area contributed by atoms with E-state index >= 15 is 0 Å². The minimum atomic E-state index is 1.00. The van der Waals surface area contributed by atoms with Crippen molar-refractivity contribution in [2.75, 3.05) is 0 Å². The molecule has 0 unspecified atom stereocenters. The number of aromatic nitrogens is 3. The Morgan fingerprint density at radius 3 is 2.85 bits per heavy atom. The lowest BCUT2D eigenvalue weighted by atomic mass is 10.3. The molecular formula is C9H11N3S. The molecule has 13 heavy (non-hydrogen) atoms. The first-order valence-corrected chi connectivity index (χ1v) is 5.05. The van der Waals surface area contributed by atoms with E-state index in [-0.39, 0.29) is 0 Å². The van der Waals surface area contributed by atoms with Crippen LogP contribution >= 0.6 is 11.3 Å². The third-order valence-electron chi connectivity index (χ3n) is 1.85. The molecule has 68 valence electrons. The Hall–Kier alpha value is -1.16. The van der Waals surface area contributed by atoms with Gasteiger partial charge < -0.3 is 0 Å². The molecule has 0 saturated carbocycles. The summed E-state index contributed by atoms with van der Waals surface area (Å²) >= 11 is 1.73. The maximum absolute atomic E-state index is 4.30. The second-order valence-corrected chi connectivity index (χ2v) is 3.99. The monoisotopic (exact) mass is 193 g/mol. The number of aryl methyl sites for hydroxylation is 2. The summed E-state index contributed by atoms with van der Waals surface area (Å²) < 4.78 is 1.81. The van der Waals surface area contributed by atoms with Crippen LogP contribution in [-0.2, 0) is 13.5 Å². The molecule has 0 atom stereocenters. The van der Waals surface area contributed by atoms with Crippen molar-refractivity contribution in [3.05, 3.63) is 23.6 Å². The third-order valence-corrected chi connectivity index (χ3v) is 3.04. The Kier molecular flexibility index (Phi) is 2.14. The highest BCUT2D eigenvalue weighted by Gasteiger charge is 2.04. The highest BCUT2D eigenvalue weighted by molar-refractivity contribution is 7.15. The molecule has 0 radical (unpaired) electrons. The summed E-state index contributed by atoms with van der Waals surface area (Å²) in [4.78, 5) is 5.50. The second kappa shape index (κ2) is 3.30. The van der Waals surface area contributed by atoms with Gasteiger partial charge >= 0.3 is 0 Å². The molecule has 3 nitrogen and oxygen atoms in total. The van der Waals surface area contributed by atoms with Crippen LogP contribution in [-0.4, -0.2) is 14.8 Å². The van der Waals surface area contributed by atoms with Crippen molar-refractivity contribution in [1.82, 2.24) is 14.8 Å². The molecule has 0 aliphatic rings. The largest absolute Gasteiger partial charge is 0.275 e. The van der Waals surface area contributed by atoms with E-state index in [9.17, 15) is 0 Å². The van der Waals surface area contributed by atoms with Crippen LogP contribution in [0.15, 0.2) is 18.6 Å². The van der Waals surface area contributed by atoms with Gasteiger partial charge in [-0.1, -0.05) is 6.92 Å². The van der Waals surface area contributed by atoms with Crippen molar-refractivity contribution in [2.24, 2.45) is 7.05 Å². The van der Waals surface area contributed by atoms with Crippen molar-refractivity contribution in [1.29, 1.82) is 0 Å². The zero-order chi connectivity index (χ0) is 9.26. The summed E-state index contributed by atoms with van der Waals surface area (Å²) in [6, 6.07) is 0. The van der Waals surface area contributed by atoms with Gasteiger partial charge in [-0.05, 0) is 6.42 Å². The van der Waals surface area contributed by atoms with Crippen molar-refractivity contribution in [3.63, 3.8) is 0 Å². The number of thiazole rings is 1. The molecule has 4 heteroatoms. The van der Waals surface area contributed by atoms with Crippen molar-refractivity contribution in [3.8, 4) is 10.4 Å². The fourth-order valence-corrected chi connectivity index (χ4v) is 1.99. The van der Waals surface area contributed by atoms with Gasteiger partial charge in [0.2, 0.25) is 0 Å². The molecule has 2 rings (SSSR count). The number of rotatable bonds is 2. The van der Waals surface area contributed by atoms with Gasteiger partial charge in [0.1, 0.15) is 0 Å². The lowest BCUT2D eigenvalue weighted by Gasteiger charge is -1.86. The maximum atomic E-state index is 4.30. The molecule has 0 spiro atoms. The Balaban J connectivity index is 2.35. The normalized spacial score (nSPS) is 10.6. The Morgan fingerprint density at radius 1 is 1.46 bits per heavy atom. The average Bonchev–Trinajstić information content (AvgIpc) is 2.71. The summed E-state index contributed by atoms with van der Waals surface area (Å²) in [5.41, 5.74) is 1.15. The highest BCUT2D eigenvalue weighted by Crippen LogP contribution is 2.25. The van der Waals surface area contributed by atoms with Gasteiger partial charge in [-0.3, -0.25) is 4.68 Å². The van der Waals surface area contributed by atoms with Gasteiger partial charge in [-0.15, -0.1) is 11.3 Å². The highest BCUT2D eigenvalue weighted by atomic mass is 32.1. The smallest absolute Gasteiger partial charge is 0.0928 e. The van der Waals surface area contributed by atoms with Crippen LogP contribution in [0.3, 0.4) is 0 Å². The topological polar surface area (TPSA) is 30.7 Å². The lowest BCUT2D eigenvalue weighted by molar-refractivity contribution is 0.768. The molecule has 2 heterocycles. The van der Waals surface area contributed by atoms with Crippen LogP contribution in [0.1, 0.15) is 11.9 Å². The first-order valence-electron chi connectivity index (χ1n) is 4.23. The van der Waals surface area contributed by atoms with Crippen LogP contribution in [0.25, 0.3) is 10.4 Å². The minimum Gasteiger partial charge on any atom is -0.275 e. The summed E-state index contributed by atoms with van der Waals surface area (Å²) in [6.07, 6.45) is 6.80. The molecule has 0 aromatic carbocycles. The van der Waals surface area contributed by atoms with Gasteiger partial charge in [0.15, 0.2) is 0 Å². The molecular weight excluding hydrogens is 182 g/mol. The van der Waals surface area contributed by atoms with Gasteiger partial charge in [0.05, 0.1) is 16.1 Å². The fourth-order valence-electron chi connectivity index (χ4n) is 1.16. The first kappa shape index (κ1) is 8.44. The molecule has 0 saturated heterocycles. The van der Waals surface area contributed by atoms with E-state index in [1.54, 1.807) is 16.0 Å². The number of hydrogen-bond donors (Lipinski definition) is 0. The molecule has 0 aliphatic heterocycles. The molecule has 2 aromatic heterocycles. The predicted molar refractivity (Wildman–Crippen MR) is 53.7 cm³/mol. The number of hydrogen-bond acceptors (Lipinski definition) is 3. The number of nitrogens with zero attached hydrogens (tertiary/aromatic N) is 3. The SMILES string of the molecule is CCc1ncc(-c2cnn(C)c2)s1. The summed E-state index contributed by atoms with van der Waals surface area (Å²) in [6.45, 7) is 2.12. The third kappa shape index (κ3) is 1.62. The molecule has 0 amide bonds. The average molecular weight is 193 g/mol. The fraction of sp³-hybridized carbons (Fsp3) is 0.333. The summed E-state index contributed by atoms with van der Waals surface area (Å²) in [5, 5.41) is 5.30. The van der Waals surface area contributed by atoms with Gasteiger partial charge in [-0.2, -0.15) is 5.10 Å². The molecule has 0 aliphatic carbocycles. The standard InChI is InChI=1S/C9H11N3S/c1-3-9-10-5-8(13-9)7-4-11-12(2)6-7/h4-6H,3H2,1-2H3. The Bertz CT molecular complexity index is 402. The zero-order valence-corrected chi connectivity index (χ0v) is 8.51. The quantitative estimate of drug-likeness (QED) is 0.731. The van der Waals surface area contributed by atoms with E-state index in [1.807, 2.05) is 25.6 Å². The van der Waals surface area contributed by atoms with Crippen LogP contribution in [0.5, 0.6) is 0 Å². The van der Waals surface area contributed by atoms with Gasteiger partial charge in [-0.25, -0.2) is 4.98 Å². The first-order chi connectivity index (χ1) is 6.29. The maximum Gasteiger partial charge on any atom is 0.0928 e. The molecule has 0 fully saturated rings. The zero-order valence-electron chi connectivity index (χ0n) is 7.69. The van der Waals surface area contributed by atoms with E-state index in [4.69, 9.17) is 0 Å². The van der Waals surface area contributed by atoms with Crippen LogP contribution < -0.4 is 0 Å². The summed E-state index contributed by atoms with van der Waals surface area (Å²) in [7, 11) is 1.92. The van der Waals surface area contributed by atoms with Crippen LogP contribution in [0.4, 0.5) is 0 Å². The lowest BCUT2D eigenvalue weighted by Crippen LogP contribution is -1.83. The van der Waals surface area contributed by atoms with Crippen LogP contribution in [0.2, 0.25) is 0 Å². The second-order valence-electron chi connectivity index (χ2n) is 2.87. The van der Waals surface area contributed by atoms with Gasteiger partial charge in [0.25, 0.3) is 0 Å². The molecule has 0 bridgehead atoms. The summed E-state index contributed by atoms with van der Waals surface area (Å²) in [5.74, 6) is 0. The van der Waals surface area contributed by atoms with E-state index in [0.29, 0.717) is 0 Å². The van der Waals surface area contributed by atoms with E-state index < -0.39 is 0 Å². The minimum absolute atomic E-state index is 1.00. The predicted octanol–water partition coefficient (Wildman–Crippen LogP) is 2.11. The molecule has 0 N–H and O–H groups in total. The van der Waals surface area contributed by atoms with Crippen LogP contribution in [0, 0.1) is 0 Å². The van der Waals surface area contributed by atoms with Crippen molar-refractivity contribution >= 4 is 11.3 Å². The van der Waals surface area contributed by atoms with E-state index in [0.717, 1.165) is 12.0 Å². The van der Waals surface area contributed by atoms with Crippen molar-refractivity contribution < 1.29 is 0 Å². The molecule has 2 aromatic rings. The van der Waals surface area contributed by atoms with E-state index in [1.165, 1.54) is 9.88 Å². The van der Waals surface area contributed by atoms with Crippen molar-refractivity contribution in [2.45, 2.75) is 13.3 Å². The Morgan fingerprint density at radius 2 is 2.31 bits per heavy atom. The van der Waals surface area contributed by atoms with E-state index in [2.05, 4.69) is 17.0 Å². The van der Waals surface area contributed by atoms with Gasteiger partial charge in [0, 0.05) is 25.0 Å². The Labute approximate surface area is 81.1 Å².